The molecule has 0 radical (unpaired) electrons. The Morgan fingerprint density at radius 2 is 2.10 bits per heavy atom. The Labute approximate surface area is 121 Å². The van der Waals surface area contributed by atoms with E-state index in [0.717, 1.165) is 5.56 Å². The zero-order chi connectivity index (χ0) is 14.5. The third-order valence-electron chi connectivity index (χ3n) is 2.77. The van der Waals surface area contributed by atoms with Gasteiger partial charge in [-0.2, -0.15) is 4.98 Å². The first-order valence-corrected chi connectivity index (χ1v) is 6.71. The summed E-state index contributed by atoms with van der Waals surface area (Å²) in [7, 11) is 0. The van der Waals surface area contributed by atoms with Gasteiger partial charge in [-0.05, 0) is 31.5 Å². The molecule has 2 rings (SSSR count). The number of carbonyl (C=O) groups excluding carboxylic acids is 1. The first kappa shape index (κ1) is 14.5. The number of esters is 1. The van der Waals surface area contributed by atoms with Gasteiger partial charge in [-0.15, -0.1) is 0 Å². The van der Waals surface area contributed by atoms with Gasteiger partial charge in [0.25, 0.3) is 0 Å². The SMILES string of the molecule is CCOC(=O)C(C)c1nc(Cc2ccc(Cl)cc2)no1. The Morgan fingerprint density at radius 1 is 1.40 bits per heavy atom. The normalized spacial score (nSPS) is 12.2. The summed E-state index contributed by atoms with van der Waals surface area (Å²) in [4.78, 5) is 15.8. The van der Waals surface area contributed by atoms with Crippen LogP contribution in [0, 0.1) is 0 Å². The molecule has 0 saturated carbocycles. The molecule has 1 heterocycles. The van der Waals surface area contributed by atoms with Gasteiger partial charge in [0.1, 0.15) is 5.92 Å². The van der Waals surface area contributed by atoms with Crippen molar-refractivity contribution in [1.29, 1.82) is 0 Å². The van der Waals surface area contributed by atoms with Gasteiger partial charge in [0.05, 0.1) is 6.61 Å². The van der Waals surface area contributed by atoms with Gasteiger partial charge in [0, 0.05) is 11.4 Å². The lowest BCUT2D eigenvalue weighted by atomic mass is 10.1. The molecule has 5 nitrogen and oxygen atoms in total. The second-order valence-electron chi connectivity index (χ2n) is 4.33. The fourth-order valence-electron chi connectivity index (χ4n) is 1.67. The van der Waals surface area contributed by atoms with Gasteiger partial charge >= 0.3 is 5.97 Å². The molecular weight excluding hydrogens is 280 g/mol. The van der Waals surface area contributed by atoms with Crippen LogP contribution in [0.25, 0.3) is 0 Å². The fraction of sp³-hybridized carbons (Fsp3) is 0.357. The summed E-state index contributed by atoms with van der Waals surface area (Å²) in [5.74, 6) is -0.124. The van der Waals surface area contributed by atoms with Crippen molar-refractivity contribution in [3.8, 4) is 0 Å². The molecule has 0 amide bonds. The van der Waals surface area contributed by atoms with Crippen LogP contribution in [0.2, 0.25) is 5.02 Å². The number of hydrogen-bond acceptors (Lipinski definition) is 5. The van der Waals surface area contributed by atoms with Crippen molar-refractivity contribution in [1.82, 2.24) is 10.1 Å². The quantitative estimate of drug-likeness (QED) is 0.793. The number of aromatic nitrogens is 2. The van der Waals surface area contributed by atoms with E-state index < -0.39 is 5.92 Å². The van der Waals surface area contributed by atoms with Crippen LogP contribution >= 0.6 is 11.6 Å². The molecule has 0 aliphatic carbocycles. The van der Waals surface area contributed by atoms with Crippen molar-refractivity contribution < 1.29 is 14.1 Å². The number of benzene rings is 1. The van der Waals surface area contributed by atoms with Crippen LogP contribution in [0.1, 0.15) is 37.0 Å². The van der Waals surface area contributed by atoms with Crippen LogP contribution in [-0.4, -0.2) is 22.7 Å². The molecule has 0 fully saturated rings. The van der Waals surface area contributed by atoms with Crippen LogP contribution in [0.15, 0.2) is 28.8 Å². The third kappa shape index (κ3) is 3.57. The highest BCUT2D eigenvalue weighted by atomic mass is 35.5. The van der Waals surface area contributed by atoms with Crippen LogP contribution in [-0.2, 0) is 16.0 Å². The van der Waals surface area contributed by atoms with Crippen molar-refractivity contribution in [2.24, 2.45) is 0 Å². The number of hydrogen-bond donors (Lipinski definition) is 0. The highest BCUT2D eigenvalue weighted by Gasteiger charge is 2.23. The smallest absolute Gasteiger partial charge is 0.318 e. The number of nitrogens with zero attached hydrogens (tertiary/aromatic N) is 2. The largest absolute Gasteiger partial charge is 0.465 e. The van der Waals surface area contributed by atoms with E-state index in [1.807, 2.05) is 12.1 Å². The lowest BCUT2D eigenvalue weighted by Gasteiger charge is -2.04. The molecule has 0 spiro atoms. The number of halogens is 1. The summed E-state index contributed by atoms with van der Waals surface area (Å²) in [5.41, 5.74) is 1.02. The van der Waals surface area contributed by atoms with Crippen molar-refractivity contribution in [3.63, 3.8) is 0 Å². The monoisotopic (exact) mass is 294 g/mol. The minimum absolute atomic E-state index is 0.271. The zero-order valence-corrected chi connectivity index (χ0v) is 12.1. The first-order chi connectivity index (χ1) is 9.60. The molecule has 6 heteroatoms. The lowest BCUT2D eigenvalue weighted by Crippen LogP contribution is -2.13. The van der Waals surface area contributed by atoms with Gasteiger partial charge in [-0.1, -0.05) is 28.9 Å². The van der Waals surface area contributed by atoms with Gasteiger partial charge in [-0.25, -0.2) is 0 Å². The molecule has 1 aromatic heterocycles. The third-order valence-corrected chi connectivity index (χ3v) is 3.02. The number of ether oxygens (including phenoxy) is 1. The van der Waals surface area contributed by atoms with Crippen molar-refractivity contribution in [3.05, 3.63) is 46.6 Å². The summed E-state index contributed by atoms with van der Waals surface area (Å²) in [6.45, 7) is 3.76. The molecule has 0 aliphatic heterocycles. The van der Waals surface area contributed by atoms with Crippen molar-refractivity contribution >= 4 is 17.6 Å². The Morgan fingerprint density at radius 3 is 2.75 bits per heavy atom. The molecule has 1 unspecified atom stereocenters. The molecule has 0 saturated heterocycles. The van der Waals surface area contributed by atoms with E-state index in [9.17, 15) is 4.79 Å². The van der Waals surface area contributed by atoms with Crippen LogP contribution in [0.4, 0.5) is 0 Å². The first-order valence-electron chi connectivity index (χ1n) is 6.33. The summed E-state index contributed by atoms with van der Waals surface area (Å²) in [6.07, 6.45) is 0.524. The summed E-state index contributed by atoms with van der Waals surface area (Å²) < 4.78 is 10.0. The van der Waals surface area contributed by atoms with Crippen LogP contribution in [0.3, 0.4) is 0 Å². The lowest BCUT2D eigenvalue weighted by molar-refractivity contribution is -0.145. The Hall–Kier alpha value is -1.88. The number of rotatable bonds is 5. The maximum absolute atomic E-state index is 11.6. The van der Waals surface area contributed by atoms with Gasteiger partial charge in [0.2, 0.25) is 5.89 Å². The van der Waals surface area contributed by atoms with Gasteiger partial charge < -0.3 is 9.26 Å². The van der Waals surface area contributed by atoms with E-state index in [2.05, 4.69) is 10.1 Å². The Balaban J connectivity index is 2.05. The molecule has 2 aromatic rings. The number of carbonyl (C=O) groups is 1. The molecule has 0 N–H and O–H groups in total. The summed E-state index contributed by atoms with van der Waals surface area (Å²) >= 11 is 5.82. The molecule has 1 atom stereocenters. The zero-order valence-electron chi connectivity index (χ0n) is 11.3. The van der Waals surface area contributed by atoms with E-state index in [0.29, 0.717) is 23.9 Å². The van der Waals surface area contributed by atoms with Crippen molar-refractivity contribution in [2.75, 3.05) is 6.61 Å². The Kier molecular flexibility index (Phi) is 4.74. The maximum atomic E-state index is 11.6. The van der Waals surface area contributed by atoms with E-state index in [-0.39, 0.29) is 11.9 Å². The predicted molar refractivity (Wildman–Crippen MR) is 73.6 cm³/mol. The summed E-state index contributed by atoms with van der Waals surface area (Å²) in [6, 6.07) is 7.40. The maximum Gasteiger partial charge on any atom is 0.318 e. The molecule has 0 aliphatic rings. The molecule has 20 heavy (non-hydrogen) atoms. The predicted octanol–water partition coefficient (Wildman–Crippen LogP) is 2.98. The van der Waals surface area contributed by atoms with E-state index >= 15 is 0 Å². The van der Waals surface area contributed by atoms with Crippen LogP contribution < -0.4 is 0 Å². The topological polar surface area (TPSA) is 65.2 Å². The van der Waals surface area contributed by atoms with Gasteiger partial charge in [-0.3, -0.25) is 4.79 Å². The van der Waals surface area contributed by atoms with E-state index in [1.165, 1.54) is 0 Å². The Bertz CT molecular complexity index is 580. The fourth-order valence-corrected chi connectivity index (χ4v) is 1.79. The molecule has 0 bridgehead atoms. The highest BCUT2D eigenvalue weighted by Crippen LogP contribution is 2.17. The molecule has 106 valence electrons. The minimum Gasteiger partial charge on any atom is -0.465 e. The van der Waals surface area contributed by atoms with E-state index in [4.69, 9.17) is 20.9 Å². The molecule has 1 aromatic carbocycles. The molecular formula is C14H15ClN2O3. The summed E-state index contributed by atoms with van der Waals surface area (Å²) in [5, 5.41) is 4.55. The van der Waals surface area contributed by atoms with Gasteiger partial charge in [0.15, 0.2) is 5.82 Å². The minimum atomic E-state index is -0.554. The van der Waals surface area contributed by atoms with E-state index in [1.54, 1.807) is 26.0 Å². The average Bonchev–Trinajstić information content (AvgIpc) is 2.89. The standard InChI is InChI=1S/C14H15ClN2O3/c1-3-19-14(18)9(2)13-16-12(17-20-13)8-10-4-6-11(15)7-5-10/h4-7,9H,3,8H2,1-2H3. The second-order valence-corrected chi connectivity index (χ2v) is 4.76. The van der Waals surface area contributed by atoms with Crippen LogP contribution in [0.5, 0.6) is 0 Å². The average molecular weight is 295 g/mol. The highest BCUT2D eigenvalue weighted by molar-refractivity contribution is 6.30. The van der Waals surface area contributed by atoms with Crippen molar-refractivity contribution in [2.45, 2.75) is 26.2 Å². The second kappa shape index (κ2) is 6.52.